The van der Waals surface area contributed by atoms with Crippen LogP contribution in [0.2, 0.25) is 0 Å². The number of hydrogen-bond acceptors (Lipinski definition) is 5. The third-order valence-corrected chi connectivity index (χ3v) is 8.10. The number of ether oxygens (including phenoxy) is 1. The van der Waals surface area contributed by atoms with Crippen molar-refractivity contribution in [1.82, 2.24) is 14.1 Å². The van der Waals surface area contributed by atoms with E-state index in [0.717, 1.165) is 12.8 Å². The van der Waals surface area contributed by atoms with Crippen molar-refractivity contribution < 1.29 is 22.7 Å². The van der Waals surface area contributed by atoms with Gasteiger partial charge < -0.3 is 14.5 Å². The van der Waals surface area contributed by atoms with Gasteiger partial charge in [0.2, 0.25) is 21.8 Å². The lowest BCUT2D eigenvalue weighted by Crippen LogP contribution is -2.50. The first-order chi connectivity index (χ1) is 14.3. The first-order valence-electron chi connectivity index (χ1n) is 10.5. The van der Waals surface area contributed by atoms with Gasteiger partial charge in [-0.3, -0.25) is 9.59 Å². The second kappa shape index (κ2) is 8.19. The van der Waals surface area contributed by atoms with E-state index in [9.17, 15) is 18.0 Å². The Labute approximate surface area is 177 Å². The smallest absolute Gasteiger partial charge is 0.247 e. The molecular weight excluding hydrogens is 406 g/mol. The highest BCUT2D eigenvalue weighted by atomic mass is 32.2. The fraction of sp³-hybridized carbons (Fsp3) is 0.619. The lowest BCUT2D eigenvalue weighted by molar-refractivity contribution is -0.132. The summed E-state index contributed by atoms with van der Waals surface area (Å²) in [5, 5.41) is 0. The van der Waals surface area contributed by atoms with Crippen LogP contribution in [0.5, 0.6) is 5.75 Å². The number of fused-ring (bicyclic) bond motifs is 2. The van der Waals surface area contributed by atoms with E-state index in [2.05, 4.69) is 0 Å². The van der Waals surface area contributed by atoms with Gasteiger partial charge in [0.05, 0.1) is 12.6 Å². The molecule has 9 heteroatoms. The average Bonchev–Trinajstić information content (AvgIpc) is 3.53. The Hall–Kier alpha value is -2.13. The van der Waals surface area contributed by atoms with E-state index < -0.39 is 22.2 Å². The average molecular weight is 436 g/mol. The Kier molecular flexibility index (Phi) is 5.76. The van der Waals surface area contributed by atoms with E-state index >= 15 is 0 Å². The number of likely N-dealkylation sites (N-methyl/N-ethyl adjacent to an activating group) is 1. The number of amides is 2. The van der Waals surface area contributed by atoms with Crippen LogP contribution >= 0.6 is 0 Å². The van der Waals surface area contributed by atoms with Crippen LogP contribution in [0.1, 0.15) is 32.1 Å². The van der Waals surface area contributed by atoms with Crippen molar-refractivity contribution in [1.29, 1.82) is 0 Å². The predicted octanol–water partition coefficient (Wildman–Crippen LogP) is 1.32. The van der Waals surface area contributed by atoms with Gasteiger partial charge in [0, 0.05) is 40.0 Å². The molecule has 0 N–H and O–H groups in total. The molecule has 2 amide bonds. The van der Waals surface area contributed by atoms with E-state index in [1.54, 1.807) is 32.3 Å². The fourth-order valence-corrected chi connectivity index (χ4v) is 5.93. The minimum Gasteiger partial charge on any atom is -0.487 e. The molecule has 0 bridgehead atoms. The van der Waals surface area contributed by atoms with Gasteiger partial charge in [-0.25, -0.2) is 8.42 Å². The lowest BCUT2D eigenvalue weighted by atomic mass is 10.1. The highest BCUT2D eigenvalue weighted by molar-refractivity contribution is 7.89. The highest BCUT2D eigenvalue weighted by Crippen LogP contribution is 2.37. The predicted molar refractivity (Wildman–Crippen MR) is 110 cm³/mol. The summed E-state index contributed by atoms with van der Waals surface area (Å²) in [5.74, 6) is 0.657. The highest BCUT2D eigenvalue weighted by Gasteiger charge is 2.44. The number of nitrogens with zero attached hydrogens (tertiary/aromatic N) is 3. The summed E-state index contributed by atoms with van der Waals surface area (Å²) >= 11 is 0. The number of para-hydroxylation sites is 1. The molecule has 8 nitrogen and oxygen atoms in total. The molecule has 1 saturated heterocycles. The number of carbonyl (C=O) groups excluding carboxylic acids is 2. The largest absolute Gasteiger partial charge is 0.487 e. The SMILES string of the molecule is CN(C)C(=O)CN1[C@@H]2CCN(C(=O)CC3CC3)CC[C@@H]2Oc2ccccc2S1(=O)=O. The minimum atomic E-state index is -3.92. The molecule has 1 aromatic carbocycles. The number of likely N-dealkylation sites (tertiary alicyclic amines) is 1. The van der Waals surface area contributed by atoms with Gasteiger partial charge in [0.25, 0.3) is 0 Å². The lowest BCUT2D eigenvalue weighted by Gasteiger charge is -2.31. The van der Waals surface area contributed by atoms with E-state index in [4.69, 9.17) is 4.74 Å². The summed E-state index contributed by atoms with van der Waals surface area (Å²) in [6.07, 6.45) is 3.34. The van der Waals surface area contributed by atoms with E-state index in [-0.39, 0.29) is 23.3 Å². The molecule has 2 aliphatic heterocycles. The molecule has 3 aliphatic rings. The second-order valence-corrected chi connectivity index (χ2v) is 10.5. The Balaban J connectivity index is 1.65. The molecule has 0 unspecified atom stereocenters. The quantitative estimate of drug-likeness (QED) is 0.712. The van der Waals surface area contributed by atoms with Crippen molar-refractivity contribution in [2.45, 2.75) is 49.1 Å². The maximum absolute atomic E-state index is 13.5. The summed E-state index contributed by atoms with van der Waals surface area (Å²) in [4.78, 5) is 28.5. The molecule has 2 heterocycles. The van der Waals surface area contributed by atoms with Crippen molar-refractivity contribution in [3.63, 3.8) is 0 Å². The van der Waals surface area contributed by atoms with Crippen LogP contribution in [-0.4, -0.2) is 80.2 Å². The molecule has 1 saturated carbocycles. The van der Waals surface area contributed by atoms with Gasteiger partial charge in [-0.1, -0.05) is 12.1 Å². The number of sulfonamides is 1. The summed E-state index contributed by atoms with van der Waals surface area (Å²) < 4.78 is 34.5. The zero-order chi connectivity index (χ0) is 21.5. The van der Waals surface area contributed by atoms with Gasteiger partial charge in [0.15, 0.2) is 0 Å². The van der Waals surface area contributed by atoms with Crippen molar-refractivity contribution >= 4 is 21.8 Å². The van der Waals surface area contributed by atoms with Crippen LogP contribution < -0.4 is 4.74 Å². The number of carbonyl (C=O) groups is 2. The van der Waals surface area contributed by atoms with Crippen LogP contribution in [0.25, 0.3) is 0 Å². The van der Waals surface area contributed by atoms with Gasteiger partial charge in [-0.2, -0.15) is 4.31 Å². The number of benzene rings is 1. The van der Waals surface area contributed by atoms with Crippen LogP contribution in [0, 0.1) is 5.92 Å². The van der Waals surface area contributed by atoms with Crippen molar-refractivity contribution in [3.05, 3.63) is 24.3 Å². The van der Waals surface area contributed by atoms with E-state index in [1.807, 2.05) is 4.90 Å². The van der Waals surface area contributed by atoms with E-state index in [0.29, 0.717) is 44.0 Å². The molecule has 1 aliphatic carbocycles. The Morgan fingerprint density at radius 2 is 1.80 bits per heavy atom. The van der Waals surface area contributed by atoms with Gasteiger partial charge in [-0.05, 0) is 37.3 Å². The number of rotatable bonds is 4. The van der Waals surface area contributed by atoms with E-state index in [1.165, 1.54) is 15.3 Å². The monoisotopic (exact) mass is 435 g/mol. The van der Waals surface area contributed by atoms with Crippen molar-refractivity contribution in [3.8, 4) is 5.75 Å². The molecule has 30 heavy (non-hydrogen) atoms. The van der Waals surface area contributed by atoms with Crippen LogP contribution in [0.4, 0.5) is 0 Å². The van der Waals surface area contributed by atoms with Crippen molar-refractivity contribution in [2.75, 3.05) is 33.7 Å². The molecule has 1 aromatic rings. The zero-order valence-corrected chi connectivity index (χ0v) is 18.3. The Bertz CT molecular complexity index is 928. The molecule has 2 atom stereocenters. The Morgan fingerprint density at radius 1 is 1.10 bits per heavy atom. The molecular formula is C21H29N3O5S. The standard InChI is InChI=1S/C21H29N3O5S/c1-22(2)21(26)14-24-16-9-11-23(20(25)13-15-7-8-15)12-10-17(16)29-18-5-3-4-6-19(18)30(24,27)28/h3-6,15-17H,7-14H2,1-2H3/t16-,17+/m1/s1. The minimum absolute atomic E-state index is 0.0892. The molecule has 0 radical (unpaired) electrons. The first-order valence-corrected chi connectivity index (χ1v) is 12.0. The maximum atomic E-state index is 13.5. The molecule has 2 fully saturated rings. The van der Waals surface area contributed by atoms with Crippen molar-refractivity contribution in [2.24, 2.45) is 5.92 Å². The maximum Gasteiger partial charge on any atom is 0.247 e. The molecule has 0 aromatic heterocycles. The first kappa shape index (κ1) is 21.1. The third-order valence-electron chi connectivity index (χ3n) is 6.19. The van der Waals surface area contributed by atoms with Gasteiger partial charge >= 0.3 is 0 Å². The summed E-state index contributed by atoms with van der Waals surface area (Å²) in [6, 6.07) is 6.07. The van der Waals surface area contributed by atoms with Gasteiger partial charge in [-0.15, -0.1) is 0 Å². The number of hydrogen-bond donors (Lipinski definition) is 0. The summed E-state index contributed by atoms with van der Waals surface area (Å²) in [5.41, 5.74) is 0. The topological polar surface area (TPSA) is 87.2 Å². The molecule has 0 spiro atoms. The normalized spacial score (nSPS) is 25.9. The fourth-order valence-electron chi connectivity index (χ4n) is 4.18. The van der Waals surface area contributed by atoms with Crippen LogP contribution in [-0.2, 0) is 19.6 Å². The Morgan fingerprint density at radius 3 is 2.50 bits per heavy atom. The van der Waals surface area contributed by atoms with Crippen LogP contribution in [0.15, 0.2) is 29.2 Å². The molecule has 4 rings (SSSR count). The molecule has 164 valence electrons. The van der Waals surface area contributed by atoms with Gasteiger partial charge in [0.1, 0.15) is 16.7 Å². The summed E-state index contributed by atoms with van der Waals surface area (Å²) in [7, 11) is -0.701. The second-order valence-electron chi connectivity index (χ2n) is 8.61. The zero-order valence-electron chi connectivity index (χ0n) is 17.5. The summed E-state index contributed by atoms with van der Waals surface area (Å²) in [6.45, 7) is 0.753. The van der Waals surface area contributed by atoms with Crippen LogP contribution in [0.3, 0.4) is 0 Å². The third kappa shape index (κ3) is 4.18.